The minimum atomic E-state index is 0.517. The van der Waals surface area contributed by atoms with E-state index in [-0.39, 0.29) is 0 Å². The minimum Gasteiger partial charge on any atom is -0.310 e. The molecule has 1 nitrogen and oxygen atoms in total. The highest BCUT2D eigenvalue weighted by atomic mass is 32.1. The second kappa shape index (κ2) is 6.55. The van der Waals surface area contributed by atoms with Crippen molar-refractivity contribution in [3.05, 3.63) is 22.4 Å². The van der Waals surface area contributed by atoms with Crippen molar-refractivity contribution in [1.82, 2.24) is 5.32 Å². The maximum absolute atomic E-state index is 3.65. The van der Waals surface area contributed by atoms with Gasteiger partial charge in [0.05, 0.1) is 0 Å². The van der Waals surface area contributed by atoms with E-state index in [1.807, 2.05) is 0 Å². The van der Waals surface area contributed by atoms with Gasteiger partial charge in [-0.1, -0.05) is 32.6 Å². The summed E-state index contributed by atoms with van der Waals surface area (Å²) in [5.41, 5.74) is 1.44. The van der Waals surface area contributed by atoms with Gasteiger partial charge in [0.1, 0.15) is 0 Å². The van der Waals surface area contributed by atoms with Gasteiger partial charge >= 0.3 is 0 Å². The third kappa shape index (κ3) is 4.11. The molecule has 96 valence electrons. The molecule has 1 aliphatic rings. The average Bonchev–Trinajstić information content (AvgIpc) is 2.85. The largest absolute Gasteiger partial charge is 0.310 e. The lowest BCUT2D eigenvalue weighted by molar-refractivity contribution is 0.273. The molecule has 1 heterocycles. The molecule has 0 radical (unpaired) electrons. The van der Waals surface area contributed by atoms with Crippen LogP contribution in [0.4, 0.5) is 0 Å². The Hall–Kier alpha value is -0.340. The molecule has 17 heavy (non-hydrogen) atoms. The molecule has 0 bridgehead atoms. The van der Waals surface area contributed by atoms with E-state index in [4.69, 9.17) is 0 Å². The van der Waals surface area contributed by atoms with Crippen LogP contribution in [0.15, 0.2) is 16.8 Å². The van der Waals surface area contributed by atoms with Crippen molar-refractivity contribution >= 4 is 11.3 Å². The van der Waals surface area contributed by atoms with Gasteiger partial charge in [-0.05, 0) is 54.1 Å². The monoisotopic (exact) mass is 251 g/mol. The number of hydrogen-bond acceptors (Lipinski definition) is 2. The molecule has 2 rings (SSSR count). The van der Waals surface area contributed by atoms with Crippen LogP contribution in [-0.4, -0.2) is 6.54 Å². The van der Waals surface area contributed by atoms with Crippen LogP contribution in [0.5, 0.6) is 0 Å². The van der Waals surface area contributed by atoms with E-state index < -0.39 is 0 Å². The maximum atomic E-state index is 3.65. The molecule has 1 aliphatic carbocycles. The second-order valence-electron chi connectivity index (χ2n) is 5.65. The van der Waals surface area contributed by atoms with Crippen molar-refractivity contribution in [2.75, 3.05) is 6.54 Å². The van der Waals surface area contributed by atoms with Crippen LogP contribution in [0.2, 0.25) is 0 Å². The molecule has 2 heteroatoms. The zero-order chi connectivity index (χ0) is 12.1. The van der Waals surface area contributed by atoms with E-state index in [9.17, 15) is 0 Å². The summed E-state index contributed by atoms with van der Waals surface area (Å²) in [6.45, 7) is 5.84. The van der Waals surface area contributed by atoms with Crippen LogP contribution < -0.4 is 5.32 Å². The highest BCUT2D eigenvalue weighted by Crippen LogP contribution is 2.30. The van der Waals surface area contributed by atoms with Gasteiger partial charge < -0.3 is 5.32 Å². The predicted octanol–water partition coefficient (Wildman–Crippen LogP) is 4.62. The van der Waals surface area contributed by atoms with E-state index in [1.54, 1.807) is 11.3 Å². The SMILES string of the molecule is CC1CCC(CCNC(C)c2ccsc2)CC1. The Morgan fingerprint density at radius 1 is 1.35 bits per heavy atom. The van der Waals surface area contributed by atoms with Gasteiger partial charge in [0.2, 0.25) is 0 Å². The fraction of sp³-hybridized carbons (Fsp3) is 0.733. The summed E-state index contributed by atoms with van der Waals surface area (Å²) < 4.78 is 0. The Labute approximate surface area is 110 Å². The van der Waals surface area contributed by atoms with E-state index in [0.717, 1.165) is 11.8 Å². The molecule has 0 spiro atoms. The van der Waals surface area contributed by atoms with Crippen molar-refractivity contribution in [2.24, 2.45) is 11.8 Å². The highest BCUT2D eigenvalue weighted by molar-refractivity contribution is 7.07. The van der Waals surface area contributed by atoms with Crippen LogP contribution in [0, 0.1) is 11.8 Å². The van der Waals surface area contributed by atoms with E-state index >= 15 is 0 Å². The molecule has 1 unspecified atom stereocenters. The van der Waals surface area contributed by atoms with Gasteiger partial charge in [0, 0.05) is 6.04 Å². The van der Waals surface area contributed by atoms with Crippen LogP contribution in [0.3, 0.4) is 0 Å². The summed E-state index contributed by atoms with van der Waals surface area (Å²) in [7, 11) is 0. The number of rotatable bonds is 5. The van der Waals surface area contributed by atoms with E-state index in [0.29, 0.717) is 6.04 Å². The van der Waals surface area contributed by atoms with Crippen LogP contribution in [0.25, 0.3) is 0 Å². The molecule has 1 N–H and O–H groups in total. The van der Waals surface area contributed by atoms with Crippen LogP contribution in [-0.2, 0) is 0 Å². The first kappa shape index (κ1) is 13.1. The first-order valence-electron chi connectivity index (χ1n) is 7.01. The van der Waals surface area contributed by atoms with Crippen molar-refractivity contribution in [3.63, 3.8) is 0 Å². The Kier molecular flexibility index (Phi) is 5.05. The molecule has 1 aromatic rings. The summed E-state index contributed by atoms with van der Waals surface area (Å²) in [4.78, 5) is 0. The van der Waals surface area contributed by atoms with Gasteiger partial charge in [-0.2, -0.15) is 11.3 Å². The topological polar surface area (TPSA) is 12.0 Å². The molecule has 0 aliphatic heterocycles. The van der Waals surface area contributed by atoms with Gasteiger partial charge in [-0.25, -0.2) is 0 Å². The number of nitrogens with one attached hydrogen (secondary N) is 1. The van der Waals surface area contributed by atoms with Crippen molar-refractivity contribution < 1.29 is 0 Å². The zero-order valence-corrected chi connectivity index (χ0v) is 11.9. The normalized spacial score (nSPS) is 26.9. The molecule has 0 saturated heterocycles. The quantitative estimate of drug-likeness (QED) is 0.805. The first-order valence-corrected chi connectivity index (χ1v) is 7.95. The summed E-state index contributed by atoms with van der Waals surface area (Å²) in [6.07, 6.45) is 7.17. The summed E-state index contributed by atoms with van der Waals surface area (Å²) >= 11 is 1.79. The lowest BCUT2D eigenvalue weighted by Crippen LogP contribution is -2.23. The lowest BCUT2D eigenvalue weighted by atomic mass is 9.81. The first-order chi connectivity index (χ1) is 8.25. The summed E-state index contributed by atoms with van der Waals surface area (Å²) in [5.74, 6) is 1.96. The minimum absolute atomic E-state index is 0.517. The fourth-order valence-corrected chi connectivity index (χ4v) is 3.52. The molecule has 1 saturated carbocycles. The number of hydrogen-bond donors (Lipinski definition) is 1. The maximum Gasteiger partial charge on any atom is 0.0300 e. The Morgan fingerprint density at radius 2 is 2.12 bits per heavy atom. The van der Waals surface area contributed by atoms with Crippen LogP contribution in [0.1, 0.15) is 57.6 Å². The van der Waals surface area contributed by atoms with Gasteiger partial charge in [-0.3, -0.25) is 0 Å². The van der Waals surface area contributed by atoms with Crippen molar-refractivity contribution in [1.29, 1.82) is 0 Å². The lowest BCUT2D eigenvalue weighted by Gasteiger charge is -2.26. The molecular formula is C15H25NS. The van der Waals surface area contributed by atoms with E-state index in [1.165, 1.54) is 44.2 Å². The van der Waals surface area contributed by atoms with Crippen LogP contribution >= 0.6 is 11.3 Å². The summed E-state index contributed by atoms with van der Waals surface area (Å²) in [5, 5.41) is 8.06. The third-order valence-electron chi connectivity index (χ3n) is 4.18. The Balaban J connectivity index is 1.63. The van der Waals surface area contributed by atoms with E-state index in [2.05, 4.69) is 36.0 Å². The Bertz CT molecular complexity index is 299. The second-order valence-corrected chi connectivity index (χ2v) is 6.43. The van der Waals surface area contributed by atoms with Crippen molar-refractivity contribution in [3.8, 4) is 0 Å². The number of thiophene rings is 1. The molecular weight excluding hydrogens is 226 g/mol. The third-order valence-corrected chi connectivity index (χ3v) is 4.88. The Morgan fingerprint density at radius 3 is 2.76 bits per heavy atom. The van der Waals surface area contributed by atoms with Gasteiger partial charge in [0.25, 0.3) is 0 Å². The standard InChI is InChI=1S/C15H25NS/c1-12-3-5-14(6-4-12)7-9-16-13(2)15-8-10-17-11-15/h8,10-14,16H,3-7,9H2,1-2H3. The molecule has 1 atom stereocenters. The summed E-state index contributed by atoms with van der Waals surface area (Å²) in [6, 6.07) is 2.74. The smallest absolute Gasteiger partial charge is 0.0300 e. The zero-order valence-electron chi connectivity index (χ0n) is 11.1. The molecule has 1 aromatic heterocycles. The molecule has 0 amide bonds. The van der Waals surface area contributed by atoms with Gasteiger partial charge in [-0.15, -0.1) is 0 Å². The van der Waals surface area contributed by atoms with Crippen molar-refractivity contribution in [2.45, 2.75) is 52.0 Å². The molecule has 1 fully saturated rings. The fourth-order valence-electron chi connectivity index (χ4n) is 2.76. The molecule has 0 aromatic carbocycles. The predicted molar refractivity (Wildman–Crippen MR) is 76.5 cm³/mol. The average molecular weight is 251 g/mol. The van der Waals surface area contributed by atoms with Gasteiger partial charge in [0.15, 0.2) is 0 Å². The highest BCUT2D eigenvalue weighted by Gasteiger charge is 2.17.